The molecule has 8 nitrogen and oxygen atoms in total. The largest absolute Gasteiger partial charge is 0.497 e. The fourth-order valence-electron chi connectivity index (χ4n) is 5.47. The number of nitrogens with one attached hydrogen (secondary N) is 1. The van der Waals surface area contributed by atoms with Crippen molar-refractivity contribution >= 4 is 17.2 Å². The second-order valence-electron chi connectivity index (χ2n) is 9.62. The van der Waals surface area contributed by atoms with Crippen molar-refractivity contribution in [1.29, 1.82) is 0 Å². The lowest BCUT2D eigenvalue weighted by molar-refractivity contribution is -0.142. The molecule has 204 valence electrons. The van der Waals surface area contributed by atoms with Gasteiger partial charge in [0.25, 0.3) is 5.91 Å². The number of piperidine rings is 2. The maximum atomic E-state index is 14.0. The lowest BCUT2D eigenvalue weighted by atomic mass is 9.83. The van der Waals surface area contributed by atoms with Crippen LogP contribution in [0.25, 0.3) is 16.4 Å². The third-order valence-electron chi connectivity index (χ3n) is 7.34. The summed E-state index contributed by atoms with van der Waals surface area (Å²) in [6, 6.07) is 6.21. The normalized spacial score (nSPS) is 20.1. The summed E-state index contributed by atoms with van der Waals surface area (Å²) in [5.74, 6) is 0.802. The van der Waals surface area contributed by atoms with Crippen molar-refractivity contribution in [1.82, 2.24) is 25.0 Å². The van der Waals surface area contributed by atoms with Crippen molar-refractivity contribution < 1.29 is 27.4 Å². The number of alkyl halides is 3. The van der Waals surface area contributed by atoms with Gasteiger partial charge in [0.1, 0.15) is 17.2 Å². The van der Waals surface area contributed by atoms with Crippen LogP contribution in [0.15, 0.2) is 29.6 Å². The molecular formula is C26H30F3N5O3S. The molecule has 1 aromatic carbocycles. The van der Waals surface area contributed by atoms with Gasteiger partial charge < -0.3 is 19.7 Å². The van der Waals surface area contributed by atoms with Gasteiger partial charge in [0.05, 0.1) is 19.9 Å². The molecule has 0 unspecified atom stereocenters. The van der Waals surface area contributed by atoms with Crippen molar-refractivity contribution in [3.63, 3.8) is 0 Å². The molecule has 38 heavy (non-hydrogen) atoms. The molecule has 3 aromatic rings. The Morgan fingerprint density at radius 2 is 1.95 bits per heavy atom. The minimum Gasteiger partial charge on any atom is -0.497 e. The highest BCUT2D eigenvalue weighted by atomic mass is 32.1. The second kappa shape index (κ2) is 10.9. The Labute approximate surface area is 222 Å². The van der Waals surface area contributed by atoms with Crippen LogP contribution < -0.4 is 14.8 Å². The van der Waals surface area contributed by atoms with E-state index in [2.05, 4.69) is 20.3 Å². The number of fused-ring (bicyclic) bond motifs is 1. The average molecular weight is 550 g/mol. The minimum absolute atomic E-state index is 0.0441. The van der Waals surface area contributed by atoms with Crippen LogP contribution in [0.3, 0.4) is 0 Å². The maximum Gasteiger partial charge on any atom is 0.433 e. The lowest BCUT2D eigenvalue weighted by Gasteiger charge is -2.44. The zero-order chi connectivity index (χ0) is 26.9. The molecule has 2 atom stereocenters. The van der Waals surface area contributed by atoms with E-state index in [4.69, 9.17) is 9.47 Å². The van der Waals surface area contributed by atoms with E-state index >= 15 is 0 Å². The Bertz CT molecular complexity index is 1290. The van der Waals surface area contributed by atoms with Gasteiger partial charge in [-0.2, -0.15) is 18.3 Å². The number of nitrogens with zero attached hydrogens (tertiary/aromatic N) is 4. The molecule has 2 saturated heterocycles. The van der Waals surface area contributed by atoms with Crippen LogP contribution in [0.2, 0.25) is 0 Å². The maximum absolute atomic E-state index is 14.0. The number of benzene rings is 1. The molecule has 4 heterocycles. The molecule has 12 heteroatoms. The first kappa shape index (κ1) is 26.5. The van der Waals surface area contributed by atoms with E-state index in [-0.39, 0.29) is 16.5 Å². The molecule has 2 fully saturated rings. The van der Waals surface area contributed by atoms with Crippen molar-refractivity contribution in [2.75, 3.05) is 33.9 Å². The monoisotopic (exact) mass is 549 g/mol. The van der Waals surface area contributed by atoms with E-state index in [1.54, 1.807) is 18.2 Å². The number of carbonyl (C=O) groups excluding carboxylic acids is 1. The summed E-state index contributed by atoms with van der Waals surface area (Å²) < 4.78 is 53.2. The molecule has 0 bridgehead atoms. The molecule has 1 amide bonds. The highest BCUT2D eigenvalue weighted by Crippen LogP contribution is 2.38. The fraction of sp³-hybridized carbons (Fsp3) is 0.500. The van der Waals surface area contributed by atoms with Crippen molar-refractivity contribution in [2.45, 2.75) is 44.3 Å². The third kappa shape index (κ3) is 5.37. The SMILES string of the molecule is COc1ccc(-c2cc(C(F)(F)F)n(-c3nc(C(=O)NC[C@H]4CCCN5CCCC[C@H]45)cs3)n2)c(OC)c1. The molecule has 0 radical (unpaired) electrons. The minimum atomic E-state index is -4.69. The number of amides is 1. The van der Waals surface area contributed by atoms with Gasteiger partial charge in [-0.05, 0) is 62.9 Å². The standard InChI is InChI=1S/C26H30F3N5O3S/c1-36-17-8-9-18(22(12-17)37-2)19-13-23(26(27,28)29)34(32-19)25-31-20(15-38-25)24(35)30-14-16-6-5-11-33-10-4-3-7-21(16)33/h8-9,12-13,15-16,21H,3-7,10-11,14H2,1-2H3,(H,30,35)/t16-,21-/m1/s1. The van der Waals surface area contributed by atoms with Crippen molar-refractivity contribution in [3.05, 3.63) is 41.0 Å². The van der Waals surface area contributed by atoms with Crippen LogP contribution in [0, 0.1) is 5.92 Å². The number of rotatable bonds is 7. The first-order valence-electron chi connectivity index (χ1n) is 12.7. The number of ether oxygens (including phenoxy) is 2. The number of hydrogen-bond acceptors (Lipinski definition) is 7. The zero-order valence-electron chi connectivity index (χ0n) is 21.3. The number of thiazole rings is 1. The van der Waals surface area contributed by atoms with Gasteiger partial charge in [-0.3, -0.25) is 4.79 Å². The molecule has 0 spiro atoms. The highest BCUT2D eigenvalue weighted by molar-refractivity contribution is 7.12. The lowest BCUT2D eigenvalue weighted by Crippen LogP contribution is -2.51. The van der Waals surface area contributed by atoms with Crippen LogP contribution in [-0.4, -0.2) is 65.5 Å². The molecule has 2 aromatic heterocycles. The topological polar surface area (TPSA) is 81.5 Å². The molecule has 0 saturated carbocycles. The van der Waals surface area contributed by atoms with E-state index in [1.165, 1.54) is 32.4 Å². The molecule has 0 aliphatic carbocycles. The zero-order valence-corrected chi connectivity index (χ0v) is 22.1. The van der Waals surface area contributed by atoms with E-state index in [9.17, 15) is 18.0 Å². The Kier molecular flexibility index (Phi) is 7.62. The predicted molar refractivity (Wildman–Crippen MR) is 137 cm³/mol. The van der Waals surface area contributed by atoms with Gasteiger partial charge >= 0.3 is 6.18 Å². The van der Waals surface area contributed by atoms with Gasteiger partial charge in [0.15, 0.2) is 5.69 Å². The number of halogens is 3. The number of carbonyl (C=O) groups is 1. The van der Waals surface area contributed by atoms with Gasteiger partial charge in [-0.15, -0.1) is 11.3 Å². The van der Waals surface area contributed by atoms with E-state index in [0.29, 0.717) is 35.6 Å². The Morgan fingerprint density at radius 1 is 1.13 bits per heavy atom. The van der Waals surface area contributed by atoms with Gasteiger partial charge in [0, 0.05) is 29.6 Å². The van der Waals surface area contributed by atoms with Gasteiger partial charge in [-0.25, -0.2) is 9.67 Å². The summed E-state index contributed by atoms with van der Waals surface area (Å²) in [4.78, 5) is 19.6. The summed E-state index contributed by atoms with van der Waals surface area (Å²) in [6.45, 7) is 2.75. The highest BCUT2D eigenvalue weighted by Gasteiger charge is 2.38. The molecule has 5 rings (SSSR count). The van der Waals surface area contributed by atoms with Gasteiger partial charge in [0.2, 0.25) is 5.13 Å². The van der Waals surface area contributed by atoms with Crippen LogP contribution in [-0.2, 0) is 6.18 Å². The molecule has 2 aliphatic heterocycles. The van der Waals surface area contributed by atoms with Crippen LogP contribution in [0.1, 0.15) is 48.3 Å². The quantitative estimate of drug-likeness (QED) is 0.446. The van der Waals surface area contributed by atoms with Gasteiger partial charge in [-0.1, -0.05) is 6.42 Å². The molecule has 2 aliphatic rings. The predicted octanol–water partition coefficient (Wildman–Crippen LogP) is 5.03. The van der Waals surface area contributed by atoms with E-state index < -0.39 is 17.8 Å². The summed E-state index contributed by atoms with van der Waals surface area (Å²) in [7, 11) is 2.91. The Balaban J connectivity index is 1.36. The number of hydrogen-bond donors (Lipinski definition) is 1. The Morgan fingerprint density at radius 3 is 2.71 bits per heavy atom. The number of aromatic nitrogens is 3. The van der Waals surface area contributed by atoms with E-state index in [1.807, 2.05) is 0 Å². The average Bonchev–Trinajstić information content (AvgIpc) is 3.59. The summed E-state index contributed by atoms with van der Waals surface area (Å²) >= 11 is 0.934. The van der Waals surface area contributed by atoms with Crippen LogP contribution in [0.5, 0.6) is 11.5 Å². The van der Waals surface area contributed by atoms with Crippen LogP contribution >= 0.6 is 11.3 Å². The summed E-state index contributed by atoms with van der Waals surface area (Å²) in [5, 5.41) is 8.59. The van der Waals surface area contributed by atoms with E-state index in [0.717, 1.165) is 54.4 Å². The first-order valence-corrected chi connectivity index (χ1v) is 13.5. The Hall–Kier alpha value is -3.12. The molecular weight excluding hydrogens is 519 g/mol. The van der Waals surface area contributed by atoms with Crippen LogP contribution in [0.4, 0.5) is 13.2 Å². The molecule has 1 N–H and O–H groups in total. The van der Waals surface area contributed by atoms with Crippen molar-refractivity contribution in [2.24, 2.45) is 5.92 Å². The second-order valence-corrected chi connectivity index (χ2v) is 10.5. The smallest absolute Gasteiger partial charge is 0.433 e. The van der Waals surface area contributed by atoms with Crippen molar-refractivity contribution in [3.8, 4) is 27.9 Å². The summed E-state index contributed by atoms with van der Waals surface area (Å²) in [6.07, 6.45) is 1.05. The fourth-order valence-corrected chi connectivity index (χ4v) is 6.23. The first-order chi connectivity index (χ1) is 18.3. The third-order valence-corrected chi connectivity index (χ3v) is 8.16. The number of methoxy groups -OCH3 is 2. The summed E-state index contributed by atoms with van der Waals surface area (Å²) in [5.41, 5.74) is -0.483.